The van der Waals surface area contributed by atoms with Crippen LogP contribution in [-0.2, 0) is 19.4 Å². The molecule has 1 aromatic heterocycles. The number of nitriles is 1. The van der Waals surface area contributed by atoms with Crippen LogP contribution in [0.5, 0.6) is 0 Å². The Labute approximate surface area is 174 Å². The Kier molecular flexibility index (Phi) is 5.31. The van der Waals surface area contributed by atoms with Gasteiger partial charge in [0, 0.05) is 25.1 Å². The Morgan fingerprint density at radius 2 is 2.07 bits per heavy atom. The standard InChI is InChI=1S/C23H21N5O2/c1-15-3-2-4-17(11-15)12-21-26-20-9-10-28(14-19(20)22(29)27-21)23(30)25-18-7-5-16(13-24)6-8-18/h2-8,11H,9-10,12,14H2,1H3,(H,25,30)(H,26,27,29). The number of aryl methyl sites for hydroxylation is 1. The Balaban J connectivity index is 1.47. The zero-order chi connectivity index (χ0) is 21.1. The van der Waals surface area contributed by atoms with Crippen LogP contribution in [0.15, 0.2) is 53.3 Å². The lowest BCUT2D eigenvalue weighted by Crippen LogP contribution is -2.42. The third-order valence-electron chi connectivity index (χ3n) is 5.12. The molecule has 0 saturated carbocycles. The van der Waals surface area contributed by atoms with Gasteiger partial charge in [0.1, 0.15) is 5.82 Å². The van der Waals surface area contributed by atoms with Crippen molar-refractivity contribution in [2.24, 2.45) is 0 Å². The molecule has 0 atom stereocenters. The molecule has 7 heteroatoms. The summed E-state index contributed by atoms with van der Waals surface area (Å²) in [5, 5.41) is 11.7. The number of carbonyl (C=O) groups is 1. The zero-order valence-corrected chi connectivity index (χ0v) is 16.6. The lowest BCUT2D eigenvalue weighted by molar-refractivity contribution is 0.205. The number of rotatable bonds is 3. The second kappa shape index (κ2) is 8.21. The highest BCUT2D eigenvalue weighted by molar-refractivity contribution is 5.89. The lowest BCUT2D eigenvalue weighted by Gasteiger charge is -2.28. The molecule has 0 saturated heterocycles. The van der Waals surface area contributed by atoms with E-state index in [9.17, 15) is 9.59 Å². The highest BCUT2D eigenvalue weighted by Crippen LogP contribution is 2.17. The fraction of sp³-hybridized carbons (Fsp3) is 0.217. The van der Waals surface area contributed by atoms with E-state index >= 15 is 0 Å². The molecule has 0 radical (unpaired) electrons. The maximum Gasteiger partial charge on any atom is 0.322 e. The highest BCUT2D eigenvalue weighted by atomic mass is 16.2. The smallest absolute Gasteiger partial charge is 0.320 e. The summed E-state index contributed by atoms with van der Waals surface area (Å²) in [6, 6.07) is 16.5. The van der Waals surface area contributed by atoms with Crippen LogP contribution in [0.3, 0.4) is 0 Å². The first kappa shape index (κ1) is 19.4. The molecule has 4 rings (SSSR count). The van der Waals surface area contributed by atoms with E-state index in [4.69, 9.17) is 5.26 Å². The van der Waals surface area contributed by atoms with Crippen molar-refractivity contribution in [1.29, 1.82) is 5.26 Å². The van der Waals surface area contributed by atoms with Gasteiger partial charge in [0.2, 0.25) is 0 Å². The van der Waals surface area contributed by atoms with Gasteiger partial charge in [-0.2, -0.15) is 5.26 Å². The predicted molar refractivity (Wildman–Crippen MR) is 113 cm³/mol. The molecule has 2 aromatic carbocycles. The van der Waals surface area contributed by atoms with E-state index in [0.29, 0.717) is 42.0 Å². The SMILES string of the molecule is Cc1cccc(Cc2nc3c(c(=O)[nH]2)CN(C(=O)Nc2ccc(C#N)cc2)CC3)c1. The number of anilines is 1. The van der Waals surface area contributed by atoms with Gasteiger partial charge in [0.15, 0.2) is 0 Å². The first-order valence-electron chi connectivity index (χ1n) is 9.74. The second-order valence-electron chi connectivity index (χ2n) is 7.39. The first-order valence-corrected chi connectivity index (χ1v) is 9.74. The quantitative estimate of drug-likeness (QED) is 0.706. The fourth-order valence-corrected chi connectivity index (χ4v) is 3.58. The minimum Gasteiger partial charge on any atom is -0.320 e. The first-order chi connectivity index (χ1) is 14.5. The van der Waals surface area contributed by atoms with E-state index in [-0.39, 0.29) is 18.1 Å². The summed E-state index contributed by atoms with van der Waals surface area (Å²) >= 11 is 0. The normalized spacial score (nSPS) is 12.7. The maximum absolute atomic E-state index is 12.7. The summed E-state index contributed by atoms with van der Waals surface area (Å²) in [7, 11) is 0. The summed E-state index contributed by atoms with van der Waals surface area (Å²) in [5.41, 5.74) is 4.48. The predicted octanol–water partition coefficient (Wildman–Crippen LogP) is 3.13. The topological polar surface area (TPSA) is 102 Å². The van der Waals surface area contributed by atoms with Crippen molar-refractivity contribution in [3.63, 3.8) is 0 Å². The van der Waals surface area contributed by atoms with Gasteiger partial charge >= 0.3 is 6.03 Å². The molecule has 0 spiro atoms. The second-order valence-corrected chi connectivity index (χ2v) is 7.39. The lowest BCUT2D eigenvalue weighted by atomic mass is 10.1. The molecule has 2 N–H and O–H groups in total. The van der Waals surface area contributed by atoms with Crippen LogP contribution in [0.2, 0.25) is 0 Å². The van der Waals surface area contributed by atoms with E-state index < -0.39 is 0 Å². The van der Waals surface area contributed by atoms with Crippen molar-refractivity contribution in [1.82, 2.24) is 14.9 Å². The van der Waals surface area contributed by atoms with E-state index in [1.807, 2.05) is 31.2 Å². The number of aromatic amines is 1. The van der Waals surface area contributed by atoms with Crippen LogP contribution < -0.4 is 10.9 Å². The molecular weight excluding hydrogens is 378 g/mol. The third kappa shape index (κ3) is 4.23. The number of H-pyrrole nitrogens is 1. The van der Waals surface area contributed by atoms with Gasteiger partial charge in [-0.1, -0.05) is 29.8 Å². The van der Waals surface area contributed by atoms with Crippen LogP contribution in [0.25, 0.3) is 0 Å². The van der Waals surface area contributed by atoms with Crippen LogP contribution in [0.4, 0.5) is 10.5 Å². The largest absolute Gasteiger partial charge is 0.322 e. The van der Waals surface area contributed by atoms with Gasteiger partial charge in [0.25, 0.3) is 5.56 Å². The Morgan fingerprint density at radius 3 is 2.80 bits per heavy atom. The van der Waals surface area contributed by atoms with Crippen molar-refractivity contribution in [2.75, 3.05) is 11.9 Å². The molecule has 2 heterocycles. The summed E-state index contributed by atoms with van der Waals surface area (Å²) in [4.78, 5) is 34.4. The van der Waals surface area contributed by atoms with Gasteiger partial charge in [-0.05, 0) is 36.8 Å². The van der Waals surface area contributed by atoms with Crippen LogP contribution in [0, 0.1) is 18.3 Å². The summed E-state index contributed by atoms with van der Waals surface area (Å²) in [6.45, 7) is 2.73. The molecule has 1 aliphatic rings. The minimum absolute atomic E-state index is 0.196. The van der Waals surface area contributed by atoms with E-state index in [0.717, 1.165) is 16.8 Å². The molecule has 30 heavy (non-hydrogen) atoms. The Hall–Kier alpha value is -3.92. The summed E-state index contributed by atoms with van der Waals surface area (Å²) in [5.74, 6) is 0.639. The summed E-state index contributed by atoms with van der Waals surface area (Å²) in [6.07, 6.45) is 1.09. The minimum atomic E-state index is -0.284. The molecule has 0 aliphatic carbocycles. The molecule has 3 aromatic rings. The summed E-state index contributed by atoms with van der Waals surface area (Å²) < 4.78 is 0. The molecule has 0 bridgehead atoms. The molecule has 2 amide bonds. The van der Waals surface area contributed by atoms with E-state index in [2.05, 4.69) is 21.4 Å². The molecule has 0 fully saturated rings. The fourth-order valence-electron chi connectivity index (χ4n) is 3.58. The zero-order valence-electron chi connectivity index (χ0n) is 16.6. The van der Waals surface area contributed by atoms with Crippen LogP contribution in [-0.4, -0.2) is 27.4 Å². The number of nitrogens with zero attached hydrogens (tertiary/aromatic N) is 3. The van der Waals surface area contributed by atoms with Crippen LogP contribution >= 0.6 is 0 Å². The van der Waals surface area contributed by atoms with Crippen molar-refractivity contribution >= 4 is 11.7 Å². The number of aromatic nitrogens is 2. The number of hydrogen-bond acceptors (Lipinski definition) is 4. The van der Waals surface area contributed by atoms with Crippen molar-refractivity contribution in [3.8, 4) is 6.07 Å². The highest BCUT2D eigenvalue weighted by Gasteiger charge is 2.24. The van der Waals surface area contributed by atoms with E-state index in [1.54, 1.807) is 29.2 Å². The monoisotopic (exact) mass is 399 g/mol. The number of benzene rings is 2. The molecule has 7 nitrogen and oxygen atoms in total. The molecule has 1 aliphatic heterocycles. The molecule has 0 unspecified atom stereocenters. The van der Waals surface area contributed by atoms with Gasteiger partial charge in [-0.25, -0.2) is 9.78 Å². The van der Waals surface area contributed by atoms with Gasteiger partial charge in [-0.15, -0.1) is 0 Å². The Morgan fingerprint density at radius 1 is 1.27 bits per heavy atom. The average molecular weight is 399 g/mol. The van der Waals surface area contributed by atoms with Gasteiger partial charge in [-0.3, -0.25) is 4.79 Å². The van der Waals surface area contributed by atoms with Crippen molar-refractivity contribution in [2.45, 2.75) is 26.3 Å². The average Bonchev–Trinajstić information content (AvgIpc) is 2.74. The number of amides is 2. The third-order valence-corrected chi connectivity index (χ3v) is 5.12. The van der Waals surface area contributed by atoms with Gasteiger partial charge < -0.3 is 15.2 Å². The van der Waals surface area contributed by atoms with Crippen LogP contribution in [0.1, 0.15) is 33.8 Å². The van der Waals surface area contributed by atoms with E-state index in [1.165, 1.54) is 0 Å². The van der Waals surface area contributed by atoms with Crippen molar-refractivity contribution in [3.05, 3.63) is 92.7 Å². The number of nitrogens with one attached hydrogen (secondary N) is 2. The molecular formula is C23H21N5O2. The molecule has 150 valence electrons. The number of carbonyl (C=O) groups excluding carboxylic acids is 1. The van der Waals surface area contributed by atoms with Gasteiger partial charge in [0.05, 0.1) is 29.4 Å². The number of fused-ring (bicyclic) bond motifs is 1. The maximum atomic E-state index is 12.7. The Bertz CT molecular complexity index is 1190. The number of urea groups is 1. The number of hydrogen-bond donors (Lipinski definition) is 2. The van der Waals surface area contributed by atoms with Crippen molar-refractivity contribution < 1.29 is 4.79 Å².